The SMILES string of the molecule is N#Cc1cccc2c1CCc1ncc(-c3ccccc3)c(Cl)c1C2. The van der Waals surface area contributed by atoms with Gasteiger partial charge in [0, 0.05) is 23.9 Å². The molecule has 1 heterocycles. The lowest BCUT2D eigenvalue weighted by atomic mass is 9.96. The normalized spacial score (nSPS) is 12.7. The maximum absolute atomic E-state index is 9.36. The molecule has 4 rings (SSSR count). The van der Waals surface area contributed by atoms with Crippen LogP contribution in [0.3, 0.4) is 0 Å². The van der Waals surface area contributed by atoms with Crippen molar-refractivity contribution in [2.75, 3.05) is 0 Å². The number of hydrogen-bond donors (Lipinski definition) is 0. The van der Waals surface area contributed by atoms with Gasteiger partial charge in [0.15, 0.2) is 0 Å². The summed E-state index contributed by atoms with van der Waals surface area (Å²) in [4.78, 5) is 4.69. The van der Waals surface area contributed by atoms with Crippen molar-refractivity contribution in [1.29, 1.82) is 5.26 Å². The Morgan fingerprint density at radius 2 is 1.79 bits per heavy atom. The molecular weight excluding hydrogens is 316 g/mol. The summed E-state index contributed by atoms with van der Waals surface area (Å²) in [5.74, 6) is 0. The quantitative estimate of drug-likeness (QED) is 0.632. The van der Waals surface area contributed by atoms with Crippen LogP contribution >= 0.6 is 11.6 Å². The smallest absolute Gasteiger partial charge is 0.0994 e. The van der Waals surface area contributed by atoms with Crippen LogP contribution in [0.2, 0.25) is 5.02 Å². The van der Waals surface area contributed by atoms with Gasteiger partial charge in [-0.1, -0.05) is 54.1 Å². The minimum absolute atomic E-state index is 0.729. The zero-order chi connectivity index (χ0) is 16.5. The molecule has 3 heteroatoms. The number of rotatable bonds is 1. The van der Waals surface area contributed by atoms with Crippen LogP contribution in [0.15, 0.2) is 54.7 Å². The fourth-order valence-corrected chi connectivity index (χ4v) is 3.75. The molecule has 0 unspecified atom stereocenters. The Morgan fingerprint density at radius 3 is 2.58 bits per heavy atom. The van der Waals surface area contributed by atoms with E-state index in [4.69, 9.17) is 11.6 Å². The lowest BCUT2D eigenvalue weighted by molar-refractivity contribution is 0.914. The van der Waals surface area contributed by atoms with Gasteiger partial charge >= 0.3 is 0 Å². The van der Waals surface area contributed by atoms with Crippen molar-refractivity contribution in [2.24, 2.45) is 0 Å². The van der Waals surface area contributed by atoms with Crippen LogP contribution in [0.25, 0.3) is 11.1 Å². The molecule has 0 atom stereocenters. The van der Waals surface area contributed by atoms with Crippen molar-refractivity contribution in [2.45, 2.75) is 19.3 Å². The van der Waals surface area contributed by atoms with Gasteiger partial charge in [-0.15, -0.1) is 0 Å². The van der Waals surface area contributed by atoms with E-state index in [-0.39, 0.29) is 0 Å². The first-order valence-corrected chi connectivity index (χ1v) is 8.38. The molecule has 2 aromatic carbocycles. The molecule has 1 aromatic heterocycles. The van der Waals surface area contributed by atoms with Crippen molar-refractivity contribution in [3.8, 4) is 17.2 Å². The Kier molecular flexibility index (Phi) is 3.80. The molecule has 0 bridgehead atoms. The highest BCUT2D eigenvalue weighted by molar-refractivity contribution is 6.34. The van der Waals surface area contributed by atoms with Crippen LogP contribution in [0.4, 0.5) is 0 Å². The highest BCUT2D eigenvalue weighted by Crippen LogP contribution is 2.35. The monoisotopic (exact) mass is 330 g/mol. The van der Waals surface area contributed by atoms with E-state index in [9.17, 15) is 5.26 Å². The highest BCUT2D eigenvalue weighted by atomic mass is 35.5. The van der Waals surface area contributed by atoms with Crippen molar-refractivity contribution in [3.05, 3.63) is 87.7 Å². The van der Waals surface area contributed by atoms with Crippen molar-refractivity contribution < 1.29 is 0 Å². The fraction of sp³-hybridized carbons (Fsp3) is 0.143. The molecule has 0 N–H and O–H groups in total. The van der Waals surface area contributed by atoms with E-state index in [0.29, 0.717) is 0 Å². The lowest BCUT2D eigenvalue weighted by Gasteiger charge is -2.12. The van der Waals surface area contributed by atoms with Gasteiger partial charge < -0.3 is 0 Å². The average molecular weight is 331 g/mol. The van der Waals surface area contributed by atoms with Crippen LogP contribution in [0.1, 0.15) is 27.9 Å². The molecule has 116 valence electrons. The first kappa shape index (κ1) is 14.9. The molecule has 1 aliphatic carbocycles. The third-order valence-electron chi connectivity index (χ3n) is 4.66. The van der Waals surface area contributed by atoms with Crippen LogP contribution in [0, 0.1) is 11.3 Å². The van der Waals surface area contributed by atoms with Gasteiger partial charge in [0.25, 0.3) is 0 Å². The van der Waals surface area contributed by atoms with Crippen LogP contribution < -0.4 is 0 Å². The van der Waals surface area contributed by atoms with E-state index in [1.807, 2.05) is 48.7 Å². The summed E-state index contributed by atoms with van der Waals surface area (Å²) in [5.41, 5.74) is 7.26. The summed E-state index contributed by atoms with van der Waals surface area (Å²) < 4.78 is 0. The number of hydrogen-bond acceptors (Lipinski definition) is 2. The fourth-order valence-electron chi connectivity index (χ4n) is 3.41. The maximum Gasteiger partial charge on any atom is 0.0994 e. The molecular formula is C21H15ClN2. The number of aryl methyl sites for hydroxylation is 1. The summed E-state index contributed by atoms with van der Waals surface area (Å²) in [6.07, 6.45) is 4.25. The molecule has 0 radical (unpaired) electrons. The highest BCUT2D eigenvalue weighted by Gasteiger charge is 2.21. The molecule has 0 aliphatic heterocycles. The Labute approximate surface area is 146 Å². The standard InChI is InChI=1S/C21H15ClN2/c22-21-18-11-15-7-4-8-16(12-23)17(15)9-10-20(18)24-13-19(21)14-5-2-1-3-6-14/h1-8,13H,9-11H2. The van der Waals surface area contributed by atoms with Gasteiger partial charge in [-0.2, -0.15) is 5.26 Å². The van der Waals surface area contributed by atoms with Crippen LogP contribution in [0.5, 0.6) is 0 Å². The molecule has 0 saturated heterocycles. The molecule has 0 spiro atoms. The molecule has 3 aromatic rings. The zero-order valence-electron chi connectivity index (χ0n) is 13.1. The summed E-state index contributed by atoms with van der Waals surface area (Å²) in [6, 6.07) is 18.3. The van der Waals surface area contributed by atoms with Crippen molar-refractivity contribution >= 4 is 11.6 Å². The van der Waals surface area contributed by atoms with Gasteiger partial charge in [0.2, 0.25) is 0 Å². The van der Waals surface area contributed by atoms with E-state index < -0.39 is 0 Å². The average Bonchev–Trinajstić information content (AvgIpc) is 2.82. The Hall–Kier alpha value is -2.63. The molecule has 24 heavy (non-hydrogen) atoms. The van der Waals surface area contributed by atoms with E-state index in [2.05, 4.69) is 17.1 Å². The number of pyridine rings is 1. The van der Waals surface area contributed by atoms with Gasteiger partial charge in [-0.05, 0) is 41.2 Å². The van der Waals surface area contributed by atoms with E-state index >= 15 is 0 Å². The Bertz CT molecular complexity index is 956. The van der Waals surface area contributed by atoms with E-state index in [0.717, 1.165) is 57.8 Å². The number of aromatic nitrogens is 1. The number of nitriles is 1. The predicted octanol–water partition coefficient (Wildman–Crippen LogP) is 4.96. The second-order valence-corrected chi connectivity index (χ2v) is 6.39. The first-order valence-electron chi connectivity index (χ1n) is 8.00. The van der Waals surface area contributed by atoms with Crippen LogP contribution in [-0.4, -0.2) is 4.98 Å². The second-order valence-electron chi connectivity index (χ2n) is 6.01. The van der Waals surface area contributed by atoms with Gasteiger partial charge in [0.05, 0.1) is 16.7 Å². The minimum Gasteiger partial charge on any atom is -0.260 e. The molecule has 0 amide bonds. The number of nitrogens with zero attached hydrogens (tertiary/aromatic N) is 2. The van der Waals surface area contributed by atoms with E-state index in [1.165, 1.54) is 5.56 Å². The summed E-state index contributed by atoms with van der Waals surface area (Å²) in [5, 5.41) is 10.1. The van der Waals surface area contributed by atoms with Crippen LogP contribution in [-0.2, 0) is 19.3 Å². The van der Waals surface area contributed by atoms with Gasteiger partial charge in [-0.25, -0.2) is 0 Å². The summed E-state index contributed by atoms with van der Waals surface area (Å²) in [6.45, 7) is 0. The molecule has 2 nitrogen and oxygen atoms in total. The molecule has 1 aliphatic rings. The zero-order valence-corrected chi connectivity index (χ0v) is 13.8. The molecule has 0 fully saturated rings. The first-order chi connectivity index (χ1) is 11.8. The third-order valence-corrected chi connectivity index (χ3v) is 5.09. The van der Waals surface area contributed by atoms with Gasteiger partial charge in [0.1, 0.15) is 0 Å². The third kappa shape index (κ3) is 2.48. The number of halogens is 1. The van der Waals surface area contributed by atoms with Crippen molar-refractivity contribution in [3.63, 3.8) is 0 Å². The summed E-state index contributed by atoms with van der Waals surface area (Å²) >= 11 is 6.77. The number of fused-ring (bicyclic) bond motifs is 2. The van der Waals surface area contributed by atoms with Crippen molar-refractivity contribution in [1.82, 2.24) is 4.98 Å². The lowest BCUT2D eigenvalue weighted by Crippen LogP contribution is -1.99. The molecule has 0 saturated carbocycles. The van der Waals surface area contributed by atoms with E-state index in [1.54, 1.807) is 0 Å². The predicted molar refractivity (Wildman–Crippen MR) is 96.1 cm³/mol. The number of benzene rings is 2. The van der Waals surface area contributed by atoms with Gasteiger partial charge in [-0.3, -0.25) is 4.98 Å². The Balaban J connectivity index is 1.85. The topological polar surface area (TPSA) is 36.7 Å². The minimum atomic E-state index is 0.729. The Morgan fingerprint density at radius 1 is 0.958 bits per heavy atom. The summed E-state index contributed by atoms with van der Waals surface area (Å²) in [7, 11) is 0. The second kappa shape index (κ2) is 6.11. The largest absolute Gasteiger partial charge is 0.260 e. The maximum atomic E-state index is 9.36.